The summed E-state index contributed by atoms with van der Waals surface area (Å²) in [4.78, 5) is 33.2. The Bertz CT molecular complexity index is 1090. The van der Waals surface area contributed by atoms with Crippen molar-refractivity contribution >= 4 is 29.1 Å². The number of imidazole rings is 1. The highest BCUT2D eigenvalue weighted by Crippen LogP contribution is 2.26. The van der Waals surface area contributed by atoms with Crippen molar-refractivity contribution in [1.29, 1.82) is 0 Å². The highest BCUT2D eigenvalue weighted by atomic mass is 35.5. The van der Waals surface area contributed by atoms with Crippen LogP contribution in [-0.4, -0.2) is 53.5 Å². The zero-order chi connectivity index (χ0) is 22.7. The van der Waals surface area contributed by atoms with Crippen molar-refractivity contribution in [3.8, 4) is 5.69 Å². The molecule has 3 aromatic rings. The lowest BCUT2D eigenvalue weighted by Crippen LogP contribution is -2.31. The molecule has 4 rings (SSSR count). The molecule has 0 saturated carbocycles. The summed E-state index contributed by atoms with van der Waals surface area (Å²) in [6.07, 6.45) is 4.14. The van der Waals surface area contributed by atoms with Crippen molar-refractivity contribution in [3.63, 3.8) is 0 Å². The zero-order valence-electron chi connectivity index (χ0n) is 18.2. The minimum absolute atomic E-state index is 0.0683. The first-order valence-electron chi connectivity index (χ1n) is 10.5. The van der Waals surface area contributed by atoms with Gasteiger partial charge >= 0.3 is 0 Å². The van der Waals surface area contributed by atoms with E-state index >= 15 is 0 Å². The molecule has 0 spiro atoms. The topological polar surface area (TPSA) is 70.5 Å². The smallest absolute Gasteiger partial charge is 0.251 e. The number of benzene rings is 2. The van der Waals surface area contributed by atoms with Crippen LogP contribution in [0, 0.1) is 5.92 Å². The van der Waals surface area contributed by atoms with Crippen molar-refractivity contribution in [1.82, 2.24) is 19.8 Å². The van der Waals surface area contributed by atoms with Gasteiger partial charge in [-0.15, -0.1) is 0 Å². The number of carbonyl (C=O) groups excluding carboxylic acids is 2. The Kier molecular flexibility index (Phi) is 6.58. The van der Waals surface area contributed by atoms with Crippen LogP contribution in [0.5, 0.6) is 0 Å². The van der Waals surface area contributed by atoms with E-state index in [0.29, 0.717) is 30.1 Å². The molecule has 1 fully saturated rings. The quantitative estimate of drug-likeness (QED) is 0.598. The summed E-state index contributed by atoms with van der Waals surface area (Å²) in [5.74, 6) is 0.931. The van der Waals surface area contributed by atoms with Gasteiger partial charge in [-0.25, -0.2) is 4.98 Å². The standard InChI is InChI=1S/C24H26ClN5O2/c1-28(2)16-22-26-11-12-29(22)20-7-9-21(10-8-20)30-15-17(13-23(30)31)14-27-24(32)18-3-5-19(25)6-4-18/h3-12,17H,13-16H2,1-2H3,(H,27,32). The lowest BCUT2D eigenvalue weighted by molar-refractivity contribution is -0.117. The number of carbonyl (C=O) groups is 2. The van der Waals surface area contributed by atoms with Crippen LogP contribution in [0.25, 0.3) is 5.69 Å². The summed E-state index contributed by atoms with van der Waals surface area (Å²) in [6.45, 7) is 1.77. The summed E-state index contributed by atoms with van der Waals surface area (Å²) in [5.41, 5.74) is 2.42. The molecule has 2 heterocycles. The molecule has 1 aliphatic heterocycles. The minimum atomic E-state index is -0.161. The maximum Gasteiger partial charge on any atom is 0.251 e. The van der Waals surface area contributed by atoms with Crippen molar-refractivity contribution in [3.05, 3.63) is 77.3 Å². The van der Waals surface area contributed by atoms with Crippen molar-refractivity contribution in [2.75, 3.05) is 32.1 Å². The van der Waals surface area contributed by atoms with Gasteiger partial charge in [-0.2, -0.15) is 0 Å². The van der Waals surface area contributed by atoms with E-state index in [1.54, 1.807) is 35.4 Å². The second-order valence-electron chi connectivity index (χ2n) is 8.26. The summed E-state index contributed by atoms with van der Waals surface area (Å²) >= 11 is 5.87. The third-order valence-electron chi connectivity index (χ3n) is 5.48. The molecule has 1 N–H and O–H groups in total. The van der Waals surface area contributed by atoms with E-state index in [9.17, 15) is 9.59 Å². The fourth-order valence-electron chi connectivity index (χ4n) is 3.87. The van der Waals surface area contributed by atoms with Gasteiger partial charge in [0.15, 0.2) is 0 Å². The SMILES string of the molecule is CN(C)Cc1nccn1-c1ccc(N2CC(CNC(=O)c3ccc(Cl)cc3)CC2=O)cc1. The number of halogens is 1. The molecular weight excluding hydrogens is 426 g/mol. The molecule has 166 valence electrons. The number of nitrogens with one attached hydrogen (secondary N) is 1. The van der Waals surface area contributed by atoms with Crippen LogP contribution in [0.2, 0.25) is 5.02 Å². The molecule has 1 unspecified atom stereocenters. The highest BCUT2D eigenvalue weighted by Gasteiger charge is 2.30. The molecule has 1 atom stereocenters. The van der Waals surface area contributed by atoms with Crippen LogP contribution >= 0.6 is 11.6 Å². The monoisotopic (exact) mass is 451 g/mol. The van der Waals surface area contributed by atoms with Crippen LogP contribution in [0.3, 0.4) is 0 Å². The van der Waals surface area contributed by atoms with E-state index in [-0.39, 0.29) is 17.7 Å². The van der Waals surface area contributed by atoms with Crippen LogP contribution in [0.1, 0.15) is 22.6 Å². The Labute approximate surface area is 192 Å². The van der Waals surface area contributed by atoms with Gasteiger partial charge in [0.2, 0.25) is 5.91 Å². The Morgan fingerprint density at radius 3 is 2.50 bits per heavy atom. The molecule has 32 heavy (non-hydrogen) atoms. The van der Waals surface area contributed by atoms with E-state index < -0.39 is 0 Å². The van der Waals surface area contributed by atoms with Gasteiger partial charge in [0, 0.05) is 59.8 Å². The van der Waals surface area contributed by atoms with E-state index in [4.69, 9.17) is 11.6 Å². The third kappa shape index (κ3) is 5.00. The van der Waals surface area contributed by atoms with Gasteiger partial charge in [-0.05, 0) is 62.6 Å². The second kappa shape index (κ2) is 9.54. The number of rotatable bonds is 7. The van der Waals surface area contributed by atoms with Gasteiger partial charge in [-0.3, -0.25) is 9.59 Å². The summed E-state index contributed by atoms with van der Waals surface area (Å²) < 4.78 is 2.05. The fourth-order valence-corrected chi connectivity index (χ4v) is 4.00. The molecule has 1 aliphatic rings. The number of hydrogen-bond acceptors (Lipinski definition) is 4. The zero-order valence-corrected chi connectivity index (χ0v) is 18.9. The molecule has 0 radical (unpaired) electrons. The first kappa shape index (κ1) is 22.0. The molecule has 2 aromatic carbocycles. The van der Waals surface area contributed by atoms with Gasteiger partial charge < -0.3 is 19.7 Å². The van der Waals surface area contributed by atoms with Crippen molar-refractivity contribution < 1.29 is 9.59 Å². The van der Waals surface area contributed by atoms with Crippen LogP contribution in [0.15, 0.2) is 60.9 Å². The number of hydrogen-bond donors (Lipinski definition) is 1. The van der Waals surface area contributed by atoms with Gasteiger partial charge in [0.05, 0.1) is 6.54 Å². The lowest BCUT2D eigenvalue weighted by atomic mass is 10.1. The van der Waals surface area contributed by atoms with Gasteiger partial charge in [0.1, 0.15) is 5.82 Å². The Balaban J connectivity index is 1.37. The molecule has 0 bridgehead atoms. The van der Waals surface area contributed by atoms with E-state index in [1.165, 1.54) is 0 Å². The first-order valence-corrected chi connectivity index (χ1v) is 10.9. The Morgan fingerprint density at radius 1 is 1.12 bits per heavy atom. The van der Waals surface area contributed by atoms with Crippen LogP contribution in [0.4, 0.5) is 5.69 Å². The summed E-state index contributed by atoms with van der Waals surface area (Å²) in [7, 11) is 4.02. The predicted octanol–water partition coefficient (Wildman–Crippen LogP) is 3.37. The third-order valence-corrected chi connectivity index (χ3v) is 5.73. The second-order valence-corrected chi connectivity index (χ2v) is 8.70. The van der Waals surface area contributed by atoms with E-state index in [1.807, 2.05) is 49.1 Å². The maximum absolute atomic E-state index is 12.6. The van der Waals surface area contributed by atoms with E-state index in [0.717, 1.165) is 23.7 Å². The molecule has 8 heteroatoms. The Hall–Kier alpha value is -3.16. The molecule has 1 aromatic heterocycles. The summed E-state index contributed by atoms with van der Waals surface area (Å²) in [6, 6.07) is 14.7. The molecule has 1 saturated heterocycles. The van der Waals surface area contributed by atoms with Crippen molar-refractivity contribution in [2.45, 2.75) is 13.0 Å². The lowest BCUT2D eigenvalue weighted by Gasteiger charge is -2.18. The highest BCUT2D eigenvalue weighted by molar-refractivity contribution is 6.30. The summed E-state index contributed by atoms with van der Waals surface area (Å²) in [5, 5.41) is 3.52. The molecule has 7 nitrogen and oxygen atoms in total. The average molecular weight is 452 g/mol. The normalized spacial score (nSPS) is 16.1. The van der Waals surface area contributed by atoms with Crippen molar-refractivity contribution in [2.24, 2.45) is 5.92 Å². The minimum Gasteiger partial charge on any atom is -0.352 e. The van der Waals surface area contributed by atoms with E-state index in [2.05, 4.69) is 15.2 Å². The molecular formula is C24H26ClN5O2. The number of anilines is 1. The molecule has 2 amide bonds. The largest absolute Gasteiger partial charge is 0.352 e. The fraction of sp³-hybridized carbons (Fsp3) is 0.292. The van der Waals surface area contributed by atoms with Crippen LogP contribution < -0.4 is 10.2 Å². The number of nitrogens with zero attached hydrogens (tertiary/aromatic N) is 4. The van der Waals surface area contributed by atoms with Gasteiger partial charge in [0.25, 0.3) is 5.91 Å². The average Bonchev–Trinajstić information content (AvgIpc) is 3.38. The molecule has 0 aliphatic carbocycles. The van der Waals surface area contributed by atoms with Gasteiger partial charge in [-0.1, -0.05) is 11.6 Å². The van der Waals surface area contributed by atoms with Crippen LogP contribution in [-0.2, 0) is 11.3 Å². The number of aromatic nitrogens is 2. The number of amides is 2. The Morgan fingerprint density at radius 2 is 1.81 bits per heavy atom. The maximum atomic E-state index is 12.6. The first-order chi connectivity index (χ1) is 15.4. The predicted molar refractivity (Wildman–Crippen MR) is 125 cm³/mol.